The van der Waals surface area contributed by atoms with E-state index in [0.29, 0.717) is 37.4 Å². The van der Waals surface area contributed by atoms with Crippen LogP contribution in [0.25, 0.3) is 0 Å². The number of aryl methyl sites for hydroxylation is 1. The van der Waals surface area contributed by atoms with Gasteiger partial charge >= 0.3 is 0 Å². The van der Waals surface area contributed by atoms with Crippen LogP contribution in [0.15, 0.2) is 59.5 Å². The zero-order chi connectivity index (χ0) is 23.1. The van der Waals surface area contributed by atoms with Gasteiger partial charge in [0.15, 0.2) is 0 Å². The van der Waals surface area contributed by atoms with E-state index in [1.807, 2.05) is 18.2 Å². The Morgan fingerprint density at radius 2 is 1.48 bits per heavy atom. The molecule has 0 radical (unpaired) electrons. The van der Waals surface area contributed by atoms with E-state index >= 15 is 0 Å². The minimum absolute atomic E-state index is 0.0279. The number of amides is 1. The van der Waals surface area contributed by atoms with Crippen molar-refractivity contribution in [2.45, 2.75) is 55.9 Å². The maximum Gasteiger partial charge on any atom is 0.243 e. The highest BCUT2D eigenvalue weighted by Gasteiger charge is 2.26. The summed E-state index contributed by atoms with van der Waals surface area (Å²) in [5, 5.41) is 3.12. The molecule has 1 amide bonds. The summed E-state index contributed by atoms with van der Waals surface area (Å²) in [6.45, 7) is 3.96. The smallest absolute Gasteiger partial charge is 0.243 e. The topological polar surface area (TPSA) is 69.7 Å². The first-order chi connectivity index (χ1) is 16.0. The summed E-state index contributed by atoms with van der Waals surface area (Å²) in [5.41, 5.74) is 2.21. The quantitative estimate of drug-likeness (QED) is 0.607. The van der Waals surface area contributed by atoms with Gasteiger partial charge < -0.3 is 5.32 Å². The van der Waals surface area contributed by atoms with Gasteiger partial charge in [-0.2, -0.15) is 4.31 Å². The van der Waals surface area contributed by atoms with Crippen molar-refractivity contribution < 1.29 is 13.2 Å². The summed E-state index contributed by atoms with van der Waals surface area (Å²) in [6.07, 6.45) is 6.35. The van der Waals surface area contributed by atoms with Crippen LogP contribution < -0.4 is 5.32 Å². The Morgan fingerprint density at radius 3 is 2.15 bits per heavy atom. The number of carbonyl (C=O) groups excluding carboxylic acids is 1. The lowest BCUT2D eigenvalue weighted by molar-refractivity contribution is -0.121. The first kappa shape index (κ1) is 23.9. The van der Waals surface area contributed by atoms with Gasteiger partial charge in [0.2, 0.25) is 15.9 Å². The maximum absolute atomic E-state index is 12.8. The predicted molar refractivity (Wildman–Crippen MR) is 130 cm³/mol. The van der Waals surface area contributed by atoms with Gasteiger partial charge in [0, 0.05) is 26.1 Å². The third-order valence-corrected chi connectivity index (χ3v) is 8.69. The Morgan fingerprint density at radius 1 is 0.848 bits per heavy atom. The fraction of sp³-hybridized carbons (Fsp3) is 0.500. The van der Waals surface area contributed by atoms with Crippen molar-refractivity contribution >= 4 is 15.9 Å². The molecule has 4 rings (SSSR count). The molecule has 1 N–H and O–H groups in total. The molecule has 2 aliphatic rings. The molecule has 1 unspecified atom stereocenters. The number of nitrogens with zero attached hydrogens (tertiary/aromatic N) is 2. The Balaban J connectivity index is 1.29. The van der Waals surface area contributed by atoms with Crippen LogP contribution in [0.1, 0.15) is 55.7 Å². The second kappa shape index (κ2) is 11.3. The largest absolute Gasteiger partial charge is 0.354 e. The second-order valence-corrected chi connectivity index (χ2v) is 11.0. The minimum atomic E-state index is -3.41. The van der Waals surface area contributed by atoms with E-state index in [1.165, 1.54) is 18.4 Å². The Hall–Kier alpha value is -2.22. The molecule has 2 saturated heterocycles. The summed E-state index contributed by atoms with van der Waals surface area (Å²) in [7, 11) is -3.41. The second-order valence-electron chi connectivity index (χ2n) is 9.08. The fourth-order valence-electron chi connectivity index (χ4n) is 4.83. The molecule has 178 valence electrons. The zero-order valence-corrected chi connectivity index (χ0v) is 20.1. The van der Waals surface area contributed by atoms with Crippen molar-refractivity contribution in [3.63, 3.8) is 0 Å². The molecule has 0 spiro atoms. The van der Waals surface area contributed by atoms with Crippen LogP contribution >= 0.6 is 0 Å². The van der Waals surface area contributed by atoms with Gasteiger partial charge in [-0.3, -0.25) is 9.69 Å². The van der Waals surface area contributed by atoms with Crippen LogP contribution in [0, 0.1) is 0 Å². The maximum atomic E-state index is 12.8. The molecule has 0 bridgehead atoms. The molecular weight excluding hydrogens is 434 g/mol. The first-order valence-electron chi connectivity index (χ1n) is 12.2. The van der Waals surface area contributed by atoms with Gasteiger partial charge in [0.1, 0.15) is 0 Å². The standard InChI is InChI=1S/C26H35N3O3S/c30-26(27-21-25(28-17-7-8-18-28)23-9-3-1-4-10-23)16-13-22-11-14-24(15-12-22)33(31,32)29-19-5-2-6-20-29/h1,3-4,9-12,14-15,25H,2,5-8,13,16-21H2,(H,27,30). The fourth-order valence-corrected chi connectivity index (χ4v) is 6.34. The SMILES string of the molecule is O=C(CCc1ccc(S(=O)(=O)N2CCCCC2)cc1)NCC(c1ccccc1)N1CCCC1. The Kier molecular flexibility index (Phi) is 8.17. The van der Waals surface area contributed by atoms with Gasteiger partial charge in [-0.1, -0.05) is 48.9 Å². The van der Waals surface area contributed by atoms with Crippen molar-refractivity contribution in [1.82, 2.24) is 14.5 Å². The average molecular weight is 470 g/mol. The Labute approximate surface area is 198 Å². The van der Waals surface area contributed by atoms with E-state index in [9.17, 15) is 13.2 Å². The highest BCUT2D eigenvalue weighted by Crippen LogP contribution is 2.25. The van der Waals surface area contributed by atoms with Gasteiger partial charge in [0.05, 0.1) is 10.9 Å². The van der Waals surface area contributed by atoms with Crippen molar-refractivity contribution in [1.29, 1.82) is 0 Å². The number of sulfonamides is 1. The number of rotatable bonds is 9. The summed E-state index contributed by atoms with van der Waals surface area (Å²) >= 11 is 0. The molecule has 2 heterocycles. The van der Waals surface area contributed by atoms with E-state index in [-0.39, 0.29) is 11.9 Å². The third kappa shape index (κ3) is 6.22. The molecule has 0 aliphatic carbocycles. The normalized spacial score (nSPS) is 18.8. The molecule has 2 aromatic rings. The van der Waals surface area contributed by atoms with Crippen molar-refractivity contribution in [2.24, 2.45) is 0 Å². The number of piperidine rings is 1. The van der Waals surface area contributed by atoms with E-state index < -0.39 is 10.0 Å². The van der Waals surface area contributed by atoms with Gasteiger partial charge in [-0.25, -0.2) is 8.42 Å². The minimum Gasteiger partial charge on any atom is -0.354 e. The molecule has 0 saturated carbocycles. The summed E-state index contributed by atoms with van der Waals surface area (Å²) < 4.78 is 27.2. The average Bonchev–Trinajstić information content (AvgIpc) is 3.39. The number of hydrogen-bond donors (Lipinski definition) is 1. The molecular formula is C26H35N3O3S. The van der Waals surface area contributed by atoms with Crippen LogP contribution in [-0.4, -0.2) is 56.3 Å². The van der Waals surface area contributed by atoms with Gasteiger partial charge in [-0.05, 0) is 68.5 Å². The Bertz CT molecular complexity index is 997. The lowest BCUT2D eigenvalue weighted by Crippen LogP contribution is -2.36. The molecule has 33 heavy (non-hydrogen) atoms. The van der Waals surface area contributed by atoms with E-state index in [1.54, 1.807) is 16.4 Å². The lowest BCUT2D eigenvalue weighted by atomic mass is 10.1. The zero-order valence-electron chi connectivity index (χ0n) is 19.3. The molecule has 2 fully saturated rings. The van der Waals surface area contributed by atoms with Crippen molar-refractivity contribution in [3.8, 4) is 0 Å². The van der Waals surface area contributed by atoms with Gasteiger partial charge in [0.25, 0.3) is 0 Å². The predicted octanol–water partition coefficient (Wildman–Crippen LogP) is 3.75. The third-order valence-electron chi connectivity index (χ3n) is 6.78. The highest BCUT2D eigenvalue weighted by molar-refractivity contribution is 7.89. The molecule has 6 nitrogen and oxygen atoms in total. The van der Waals surface area contributed by atoms with E-state index in [2.05, 4.69) is 34.5 Å². The number of benzene rings is 2. The van der Waals surface area contributed by atoms with E-state index in [0.717, 1.165) is 37.9 Å². The molecule has 1 atom stereocenters. The van der Waals surface area contributed by atoms with Crippen LogP contribution in [-0.2, 0) is 21.2 Å². The van der Waals surface area contributed by atoms with Crippen molar-refractivity contribution in [3.05, 3.63) is 65.7 Å². The van der Waals surface area contributed by atoms with Crippen LogP contribution in [0.5, 0.6) is 0 Å². The monoisotopic (exact) mass is 469 g/mol. The first-order valence-corrected chi connectivity index (χ1v) is 13.6. The van der Waals surface area contributed by atoms with Crippen LogP contribution in [0.4, 0.5) is 0 Å². The molecule has 2 aliphatic heterocycles. The lowest BCUT2D eigenvalue weighted by Gasteiger charge is -2.28. The molecule has 0 aromatic heterocycles. The van der Waals surface area contributed by atoms with Gasteiger partial charge in [-0.15, -0.1) is 0 Å². The summed E-state index contributed by atoms with van der Waals surface area (Å²) in [4.78, 5) is 15.4. The van der Waals surface area contributed by atoms with Crippen molar-refractivity contribution in [2.75, 3.05) is 32.7 Å². The number of hydrogen-bond acceptors (Lipinski definition) is 4. The summed E-state index contributed by atoms with van der Waals surface area (Å²) in [5.74, 6) is 0.0279. The summed E-state index contributed by atoms with van der Waals surface area (Å²) in [6, 6.07) is 17.6. The molecule has 7 heteroatoms. The number of nitrogens with one attached hydrogen (secondary N) is 1. The van der Waals surface area contributed by atoms with Crippen LogP contribution in [0.2, 0.25) is 0 Å². The van der Waals surface area contributed by atoms with Crippen LogP contribution in [0.3, 0.4) is 0 Å². The van der Waals surface area contributed by atoms with E-state index in [4.69, 9.17) is 0 Å². The number of carbonyl (C=O) groups is 1. The highest BCUT2D eigenvalue weighted by atomic mass is 32.2. The number of likely N-dealkylation sites (tertiary alicyclic amines) is 1. The molecule has 2 aromatic carbocycles.